The van der Waals surface area contributed by atoms with E-state index in [0.29, 0.717) is 18.4 Å². The summed E-state index contributed by atoms with van der Waals surface area (Å²) in [6.45, 7) is 3.58. The van der Waals surface area contributed by atoms with Crippen LogP contribution >= 0.6 is 15.9 Å². The van der Waals surface area contributed by atoms with E-state index in [9.17, 15) is 9.59 Å². The van der Waals surface area contributed by atoms with Gasteiger partial charge in [0.1, 0.15) is 6.04 Å². The highest BCUT2D eigenvalue weighted by Gasteiger charge is 2.19. The first-order valence-corrected chi connectivity index (χ1v) is 6.74. The lowest BCUT2D eigenvalue weighted by molar-refractivity contribution is -0.139. The van der Waals surface area contributed by atoms with E-state index in [1.807, 2.05) is 0 Å². The summed E-state index contributed by atoms with van der Waals surface area (Å²) in [5.74, 6) is -1.40. The van der Waals surface area contributed by atoms with Gasteiger partial charge >= 0.3 is 5.97 Å². The van der Waals surface area contributed by atoms with E-state index < -0.39 is 12.0 Å². The summed E-state index contributed by atoms with van der Waals surface area (Å²) >= 11 is 3.27. The van der Waals surface area contributed by atoms with Crippen LogP contribution in [0.1, 0.15) is 29.6 Å². The van der Waals surface area contributed by atoms with Gasteiger partial charge in [0.15, 0.2) is 0 Å². The third-order valence-corrected chi connectivity index (χ3v) is 3.08. The summed E-state index contributed by atoms with van der Waals surface area (Å²) in [5.41, 5.74) is 0.435. The van der Waals surface area contributed by atoms with Crippen molar-refractivity contribution in [1.29, 1.82) is 0 Å². The molecule has 0 radical (unpaired) electrons. The van der Waals surface area contributed by atoms with Gasteiger partial charge in [0, 0.05) is 10.0 Å². The van der Waals surface area contributed by atoms with Crippen LogP contribution in [0, 0.1) is 0 Å². The number of hydrogen-bond donors (Lipinski definition) is 2. The minimum Gasteiger partial charge on any atom is -0.480 e. The lowest BCUT2D eigenvalue weighted by Crippen LogP contribution is -2.40. The summed E-state index contributed by atoms with van der Waals surface area (Å²) in [5, 5.41) is 11.6. The van der Waals surface area contributed by atoms with Crippen LogP contribution in [0.5, 0.6) is 0 Å². The van der Waals surface area contributed by atoms with Crippen LogP contribution < -0.4 is 5.32 Å². The number of nitrogens with one attached hydrogen (secondary N) is 1. The highest BCUT2D eigenvalue weighted by molar-refractivity contribution is 9.10. The maximum atomic E-state index is 11.9. The summed E-state index contributed by atoms with van der Waals surface area (Å²) in [6.07, 6.45) is 3.53. The predicted molar refractivity (Wildman–Crippen MR) is 77.1 cm³/mol. The van der Waals surface area contributed by atoms with Gasteiger partial charge in [-0.25, -0.2) is 4.79 Å². The average molecular weight is 326 g/mol. The fraction of sp³-hybridized carbons (Fsp3) is 0.286. The third kappa shape index (κ3) is 5.26. The topological polar surface area (TPSA) is 66.4 Å². The Morgan fingerprint density at radius 1 is 1.47 bits per heavy atom. The molecule has 0 aromatic heterocycles. The molecule has 0 aliphatic carbocycles. The Balaban J connectivity index is 2.65. The highest BCUT2D eigenvalue weighted by atomic mass is 79.9. The molecule has 0 fully saturated rings. The number of allylic oxidation sites excluding steroid dienone is 1. The van der Waals surface area contributed by atoms with Gasteiger partial charge < -0.3 is 10.4 Å². The smallest absolute Gasteiger partial charge is 0.326 e. The monoisotopic (exact) mass is 325 g/mol. The fourth-order valence-corrected chi connectivity index (χ4v) is 1.99. The van der Waals surface area contributed by atoms with Crippen LogP contribution in [-0.2, 0) is 4.79 Å². The van der Waals surface area contributed by atoms with Crippen molar-refractivity contribution in [3.05, 3.63) is 47.0 Å². The second-order valence-electron chi connectivity index (χ2n) is 4.09. The molecule has 0 saturated heterocycles. The van der Waals surface area contributed by atoms with Gasteiger partial charge in [-0.15, -0.1) is 6.58 Å². The van der Waals surface area contributed by atoms with Crippen LogP contribution in [0.2, 0.25) is 0 Å². The molecule has 0 saturated carbocycles. The predicted octanol–water partition coefficient (Wildman–Crippen LogP) is 2.99. The largest absolute Gasteiger partial charge is 0.480 e. The first-order chi connectivity index (χ1) is 9.04. The molecule has 0 bridgehead atoms. The van der Waals surface area contributed by atoms with E-state index in [0.717, 1.165) is 10.9 Å². The van der Waals surface area contributed by atoms with Crippen molar-refractivity contribution in [2.45, 2.75) is 25.3 Å². The van der Waals surface area contributed by atoms with Crippen molar-refractivity contribution >= 4 is 27.8 Å². The standard InChI is InChI=1S/C14H16BrNO3/c1-2-3-4-8-12(14(18)19)16-13(17)10-6-5-7-11(15)9-10/h2,5-7,9,12H,1,3-4,8H2,(H,16,17)(H,18,19)/t12-/m0/s1. The van der Waals surface area contributed by atoms with Crippen molar-refractivity contribution < 1.29 is 14.7 Å². The number of halogens is 1. The Kier molecular flexibility index (Phi) is 6.29. The van der Waals surface area contributed by atoms with Gasteiger partial charge in [-0.2, -0.15) is 0 Å². The number of aliphatic carboxylic acids is 1. The van der Waals surface area contributed by atoms with Crippen LogP contribution in [0.25, 0.3) is 0 Å². The molecule has 0 unspecified atom stereocenters. The molecule has 1 aromatic carbocycles. The normalized spacial score (nSPS) is 11.6. The summed E-state index contributed by atoms with van der Waals surface area (Å²) in [6, 6.07) is 5.95. The number of carbonyl (C=O) groups excluding carboxylic acids is 1. The number of hydrogen-bond acceptors (Lipinski definition) is 2. The van der Waals surface area contributed by atoms with Crippen molar-refractivity contribution in [2.75, 3.05) is 0 Å². The number of carboxylic acids is 1. The van der Waals surface area contributed by atoms with Crippen molar-refractivity contribution in [1.82, 2.24) is 5.32 Å². The molecule has 0 heterocycles. The maximum Gasteiger partial charge on any atom is 0.326 e. The number of carbonyl (C=O) groups is 2. The van der Waals surface area contributed by atoms with Crippen molar-refractivity contribution in [2.24, 2.45) is 0 Å². The number of benzene rings is 1. The quantitative estimate of drug-likeness (QED) is 0.598. The summed E-state index contributed by atoms with van der Waals surface area (Å²) < 4.78 is 0.777. The number of carboxylic acid groups (broad SMARTS) is 1. The lowest BCUT2D eigenvalue weighted by atomic mass is 10.1. The first kappa shape index (κ1) is 15.4. The molecule has 0 spiro atoms. The summed E-state index contributed by atoms with van der Waals surface area (Å²) in [7, 11) is 0. The molecule has 102 valence electrons. The van der Waals surface area contributed by atoms with E-state index in [-0.39, 0.29) is 5.91 Å². The highest BCUT2D eigenvalue weighted by Crippen LogP contribution is 2.12. The van der Waals surface area contributed by atoms with Gasteiger partial charge in [0.05, 0.1) is 0 Å². The van der Waals surface area contributed by atoms with Gasteiger partial charge in [-0.05, 0) is 37.5 Å². The molecule has 0 aliphatic rings. The van der Waals surface area contributed by atoms with E-state index in [1.165, 1.54) is 0 Å². The van der Waals surface area contributed by atoms with Crippen LogP contribution in [0.15, 0.2) is 41.4 Å². The fourth-order valence-electron chi connectivity index (χ4n) is 1.59. The van der Waals surface area contributed by atoms with E-state index in [1.54, 1.807) is 30.3 Å². The van der Waals surface area contributed by atoms with Gasteiger partial charge in [0.25, 0.3) is 5.91 Å². The summed E-state index contributed by atoms with van der Waals surface area (Å²) in [4.78, 5) is 23.0. The zero-order valence-electron chi connectivity index (χ0n) is 10.4. The van der Waals surface area contributed by atoms with E-state index in [4.69, 9.17) is 5.11 Å². The number of amides is 1. The van der Waals surface area contributed by atoms with Crippen LogP contribution in [0.3, 0.4) is 0 Å². The SMILES string of the molecule is C=CCCC[C@H](NC(=O)c1cccc(Br)c1)C(=O)O. The molecule has 1 rings (SSSR count). The molecule has 5 heteroatoms. The molecule has 4 nitrogen and oxygen atoms in total. The maximum absolute atomic E-state index is 11.9. The molecule has 1 atom stereocenters. The molecule has 2 N–H and O–H groups in total. The molecule has 0 aliphatic heterocycles. The Morgan fingerprint density at radius 2 is 2.21 bits per heavy atom. The molecule has 1 aromatic rings. The van der Waals surface area contributed by atoms with E-state index in [2.05, 4.69) is 27.8 Å². The molecule has 1 amide bonds. The Labute approximate surface area is 120 Å². The lowest BCUT2D eigenvalue weighted by Gasteiger charge is -2.14. The zero-order valence-corrected chi connectivity index (χ0v) is 12.0. The Bertz CT molecular complexity index is 474. The second-order valence-corrected chi connectivity index (χ2v) is 5.01. The molecular formula is C14H16BrNO3. The molecular weight excluding hydrogens is 310 g/mol. The number of unbranched alkanes of at least 4 members (excludes halogenated alkanes) is 1. The molecule has 19 heavy (non-hydrogen) atoms. The first-order valence-electron chi connectivity index (χ1n) is 5.94. The van der Waals surface area contributed by atoms with E-state index >= 15 is 0 Å². The van der Waals surface area contributed by atoms with Gasteiger partial charge in [-0.3, -0.25) is 4.79 Å². The van der Waals surface area contributed by atoms with Gasteiger partial charge in [0.2, 0.25) is 0 Å². The Hall–Kier alpha value is -1.62. The van der Waals surface area contributed by atoms with Gasteiger partial charge in [-0.1, -0.05) is 28.1 Å². The van der Waals surface area contributed by atoms with Crippen molar-refractivity contribution in [3.8, 4) is 0 Å². The van der Waals surface area contributed by atoms with Crippen LogP contribution in [0.4, 0.5) is 0 Å². The zero-order chi connectivity index (χ0) is 14.3. The number of rotatable bonds is 7. The second kappa shape index (κ2) is 7.74. The minimum absolute atomic E-state index is 0.382. The average Bonchev–Trinajstić information content (AvgIpc) is 2.37. The third-order valence-electron chi connectivity index (χ3n) is 2.59. The van der Waals surface area contributed by atoms with Crippen LogP contribution in [-0.4, -0.2) is 23.0 Å². The van der Waals surface area contributed by atoms with Crippen molar-refractivity contribution in [3.63, 3.8) is 0 Å². The minimum atomic E-state index is -1.02. The Morgan fingerprint density at radius 3 is 2.79 bits per heavy atom.